The van der Waals surface area contributed by atoms with Crippen LogP contribution in [-0.4, -0.2) is 179 Å². The predicted molar refractivity (Wildman–Crippen MR) is 331 cm³/mol. The number of carbonyl (C=O) groups is 5. The number of thiazole rings is 1. The molecular formula is C62H72N10O17S2. The van der Waals surface area contributed by atoms with E-state index in [1.54, 1.807) is 24.5 Å². The van der Waals surface area contributed by atoms with E-state index in [2.05, 4.69) is 34.4 Å². The highest BCUT2D eigenvalue weighted by molar-refractivity contribution is 7.85. The number of amides is 3. The number of aliphatic hydroxyl groups excluding tert-OH is 3. The van der Waals surface area contributed by atoms with Crippen LogP contribution in [0.1, 0.15) is 102 Å². The number of aliphatic carboxylic acids is 1. The topological polar surface area (TPSA) is 391 Å². The van der Waals surface area contributed by atoms with E-state index in [0.717, 1.165) is 58.5 Å². The molecular weight excluding hydrogens is 1220 g/mol. The Morgan fingerprint density at radius 3 is 2.42 bits per heavy atom. The lowest BCUT2D eigenvalue weighted by Crippen LogP contribution is -2.64. The highest BCUT2D eigenvalue weighted by Crippen LogP contribution is 2.72. The zero-order chi connectivity index (χ0) is 64.8. The summed E-state index contributed by atoms with van der Waals surface area (Å²) in [7, 11) is -4.51. The van der Waals surface area contributed by atoms with Gasteiger partial charge in [-0.05, 0) is 133 Å². The zero-order valence-corrected chi connectivity index (χ0v) is 51.8. The molecule has 0 spiro atoms. The maximum absolute atomic E-state index is 13.8. The number of pyridine rings is 2. The molecule has 4 saturated carbocycles. The molecule has 484 valence electrons. The van der Waals surface area contributed by atoms with E-state index < -0.39 is 82.7 Å². The van der Waals surface area contributed by atoms with Gasteiger partial charge in [0.25, 0.3) is 16.0 Å². The minimum Gasteiger partial charge on any atom is -0.479 e. The second kappa shape index (κ2) is 25.6. The summed E-state index contributed by atoms with van der Waals surface area (Å²) in [6, 6.07) is 17.2. The molecule has 5 fully saturated rings. The summed E-state index contributed by atoms with van der Waals surface area (Å²) in [5, 5.41) is 62.1. The van der Waals surface area contributed by atoms with Crippen molar-refractivity contribution in [2.45, 2.75) is 122 Å². The van der Waals surface area contributed by atoms with Gasteiger partial charge in [0.2, 0.25) is 12.2 Å². The molecule has 0 radical (unpaired) electrons. The summed E-state index contributed by atoms with van der Waals surface area (Å²) in [4.78, 5) is 81.6. The molecule has 91 heavy (non-hydrogen) atoms. The Labute approximate surface area is 526 Å². The molecule has 27 nitrogen and oxygen atoms in total. The summed E-state index contributed by atoms with van der Waals surface area (Å²) in [6.07, 6.45) is 1.38. The van der Waals surface area contributed by atoms with E-state index >= 15 is 0 Å². The molecule has 2 aromatic carbocycles. The minimum atomic E-state index is -4.51. The van der Waals surface area contributed by atoms with E-state index in [0.29, 0.717) is 71.3 Å². The number of carboxylic acid groups (broad SMARTS) is 2. The standard InChI is InChI=1S/C62H72N10O17S2/c1-35-40(38-12-14-45(67-47(38)54(78)79)71-19-16-37-8-4-9-39(41(37)27-71)53(77)69-57-68-52-44(90-57)10-5-18-64-52)26-65-72(35)34-61-29-59(2)28-60(3,30-61)32-62(31-59,33-61)87-23-20-70(21-24-91(83,84)85)58(82)86-22-6-7-36-11-13-43(42(25-36)66-46(73)15-17-63)88-56-50(76)48(74)49(75)51(89-56)55(80)81/h4-14,18,25-26,48-51,56,74-76H,15-17,19-24,27-34,63H2,1-3H3,(H,66,73)(H,78,79)(H,80,81)(H,83,84,85)(H,64,68,69,77)/t48-,49-,50+,51-,56+,59?,60?,61?,62?/m0/s1. The van der Waals surface area contributed by atoms with E-state index in [4.69, 9.17) is 34.8 Å². The smallest absolute Gasteiger partial charge is 0.410 e. The minimum absolute atomic E-state index is 0.000746. The molecule has 4 aromatic heterocycles. The fourth-order valence-electron chi connectivity index (χ4n) is 15.1. The van der Waals surface area contributed by atoms with Crippen LogP contribution in [0.25, 0.3) is 27.6 Å². The van der Waals surface area contributed by atoms with Crippen LogP contribution >= 0.6 is 11.3 Å². The summed E-state index contributed by atoms with van der Waals surface area (Å²) < 4.78 is 60.0. The van der Waals surface area contributed by atoms with Crippen LogP contribution in [0.4, 0.5) is 21.4 Å². The first-order valence-electron chi connectivity index (χ1n) is 29.8. The van der Waals surface area contributed by atoms with Crippen molar-refractivity contribution in [1.29, 1.82) is 0 Å². The molecule has 6 aliphatic rings. The number of carbonyl (C=O) groups excluding carboxylic acids is 3. The van der Waals surface area contributed by atoms with Crippen molar-refractivity contribution in [2.75, 3.05) is 60.7 Å². The van der Waals surface area contributed by atoms with Crippen molar-refractivity contribution in [3.8, 4) is 16.9 Å². The van der Waals surface area contributed by atoms with Gasteiger partial charge in [-0.2, -0.15) is 18.5 Å². The Morgan fingerprint density at radius 1 is 0.912 bits per heavy atom. The Kier molecular flexibility index (Phi) is 18.1. The number of benzene rings is 2. The quantitative estimate of drug-likeness (QED) is 0.0357. The zero-order valence-electron chi connectivity index (χ0n) is 50.2. The van der Waals surface area contributed by atoms with Crippen LogP contribution in [0.5, 0.6) is 5.75 Å². The molecule has 1 saturated heterocycles. The number of aromatic carboxylic acids is 1. The number of rotatable bonds is 23. The van der Waals surface area contributed by atoms with Crippen LogP contribution in [0.2, 0.25) is 0 Å². The van der Waals surface area contributed by atoms with Crippen molar-refractivity contribution >= 4 is 84.4 Å². The second-order valence-electron chi connectivity index (χ2n) is 25.2. The van der Waals surface area contributed by atoms with Gasteiger partial charge >= 0.3 is 18.0 Å². The molecule has 4 aliphatic carbocycles. The summed E-state index contributed by atoms with van der Waals surface area (Å²) in [5.41, 5.74) is 9.42. The van der Waals surface area contributed by atoms with Gasteiger partial charge in [-0.15, -0.1) is 0 Å². The number of anilines is 3. The normalized spacial score (nSPS) is 25.9. The Bertz CT molecular complexity index is 3900. The van der Waals surface area contributed by atoms with Crippen molar-refractivity contribution in [3.05, 3.63) is 113 Å². The molecule has 10 N–H and O–H groups in total. The molecule has 7 atom stereocenters. The largest absolute Gasteiger partial charge is 0.479 e. The number of hydrogen-bond donors (Lipinski definition) is 9. The average Bonchev–Trinajstić information content (AvgIpc) is 1.01. The lowest BCUT2D eigenvalue weighted by Gasteiger charge is -2.69. The third kappa shape index (κ3) is 14.1. The summed E-state index contributed by atoms with van der Waals surface area (Å²) in [6.45, 7) is 7.09. The maximum Gasteiger partial charge on any atom is 0.410 e. The monoisotopic (exact) mass is 1290 g/mol. The summed E-state index contributed by atoms with van der Waals surface area (Å²) in [5.74, 6) is -4.07. The Balaban J connectivity index is 0.746. The summed E-state index contributed by atoms with van der Waals surface area (Å²) >= 11 is 1.33. The number of carboxylic acids is 2. The SMILES string of the molecule is Cc1c(-c2ccc(N3CCc4cccc(C(=O)Nc5nc6ncccc6s5)c4C3)nc2C(=O)O)cnn1CC12CC3(C)CC(C)(C1)CC(OCCN(CCS(=O)(=O)O)C(=O)OCC=Cc1ccc(O[C@@H]4O[C@H](C(=O)O)[C@@H](O)[C@H](O)[C@H]4O)c(NC(=O)CCN)c1)(C3)C2. The predicted octanol–water partition coefficient (Wildman–Crippen LogP) is 5.51. The molecule has 29 heteroatoms. The van der Waals surface area contributed by atoms with Crippen molar-refractivity contribution < 1.29 is 81.4 Å². The van der Waals surface area contributed by atoms with Crippen molar-refractivity contribution in [3.63, 3.8) is 0 Å². The Morgan fingerprint density at radius 2 is 1.69 bits per heavy atom. The van der Waals surface area contributed by atoms with E-state index in [-0.39, 0.29) is 72.0 Å². The first-order chi connectivity index (χ1) is 43.2. The molecule has 12 rings (SSSR count). The number of nitrogens with one attached hydrogen (secondary N) is 2. The fourth-order valence-corrected chi connectivity index (χ4v) is 16.3. The number of nitrogens with two attached hydrogens (primary N) is 1. The van der Waals surface area contributed by atoms with Gasteiger partial charge < -0.3 is 65.3 Å². The van der Waals surface area contributed by atoms with Gasteiger partial charge in [0.05, 0.1) is 34.5 Å². The number of ether oxygens (including phenoxy) is 4. The van der Waals surface area contributed by atoms with Gasteiger partial charge in [0.15, 0.2) is 22.6 Å². The molecule has 4 bridgehead atoms. The highest BCUT2D eigenvalue weighted by atomic mass is 32.2. The van der Waals surface area contributed by atoms with Crippen molar-refractivity contribution in [1.82, 2.24) is 29.6 Å². The number of aromatic nitrogens is 5. The van der Waals surface area contributed by atoms with E-state index in [1.165, 1.54) is 41.7 Å². The Hall–Kier alpha value is -8.00. The van der Waals surface area contributed by atoms with E-state index in [1.807, 2.05) is 46.8 Å². The molecule has 2 unspecified atom stereocenters. The van der Waals surface area contributed by atoms with Crippen LogP contribution in [0.3, 0.4) is 0 Å². The average molecular weight is 1290 g/mol. The molecule has 3 amide bonds. The molecule has 2 aliphatic heterocycles. The number of nitrogens with zero attached hydrogens (tertiary/aromatic N) is 7. The van der Waals surface area contributed by atoms with Gasteiger partial charge in [-0.25, -0.2) is 24.4 Å². The lowest BCUT2D eigenvalue weighted by molar-refractivity contribution is -0.271. The van der Waals surface area contributed by atoms with Gasteiger partial charge in [-0.1, -0.05) is 49.5 Å². The van der Waals surface area contributed by atoms with Gasteiger partial charge in [0, 0.05) is 74.3 Å². The van der Waals surface area contributed by atoms with Crippen LogP contribution in [0.15, 0.2) is 79.1 Å². The maximum atomic E-state index is 13.8. The number of fused-ring (bicyclic) bond motifs is 2. The van der Waals surface area contributed by atoms with Crippen LogP contribution in [-0.2, 0) is 53.4 Å². The number of hydrogen-bond acceptors (Lipinski definition) is 21. The lowest BCUT2D eigenvalue weighted by atomic mass is 9.39. The van der Waals surface area contributed by atoms with Crippen LogP contribution < -0.4 is 26.0 Å². The highest BCUT2D eigenvalue weighted by Gasteiger charge is 2.66. The first-order valence-corrected chi connectivity index (χ1v) is 32.2. The molecule has 6 heterocycles. The second-order valence-corrected chi connectivity index (χ2v) is 27.8. The van der Waals surface area contributed by atoms with Crippen LogP contribution in [0, 0.1) is 23.2 Å². The van der Waals surface area contributed by atoms with Gasteiger partial charge in [0.1, 0.15) is 36.5 Å². The number of aliphatic hydroxyl groups is 3. The van der Waals surface area contributed by atoms with E-state index in [9.17, 15) is 62.5 Å². The van der Waals surface area contributed by atoms with Crippen molar-refractivity contribution in [2.24, 2.45) is 22.0 Å². The fraction of sp³-hybridized carbons (Fsp3) is 0.468. The third-order valence-electron chi connectivity index (χ3n) is 17.8. The third-order valence-corrected chi connectivity index (χ3v) is 19.4. The first kappa shape index (κ1) is 64.5. The van der Waals surface area contributed by atoms with Gasteiger partial charge in [-0.3, -0.25) is 24.1 Å². The molecule has 6 aromatic rings.